The summed E-state index contributed by atoms with van der Waals surface area (Å²) in [6.45, 7) is 14.9. The zero-order valence-corrected chi connectivity index (χ0v) is 34.3. The van der Waals surface area contributed by atoms with Crippen molar-refractivity contribution < 1.29 is 28.7 Å². The summed E-state index contributed by atoms with van der Waals surface area (Å²) in [4.78, 5) is 60.4. The largest absolute Gasteiger partial charge is 0.388 e. The van der Waals surface area contributed by atoms with Gasteiger partial charge in [-0.1, -0.05) is 67.0 Å². The predicted octanol–water partition coefficient (Wildman–Crippen LogP) is 4.03. The molecule has 0 bridgehead atoms. The fourth-order valence-electron chi connectivity index (χ4n) is 7.74. The summed E-state index contributed by atoms with van der Waals surface area (Å²) >= 11 is 0. The van der Waals surface area contributed by atoms with Gasteiger partial charge in [0, 0.05) is 47.1 Å². The molecule has 1 aromatic rings. The van der Waals surface area contributed by atoms with Crippen molar-refractivity contribution in [3.05, 3.63) is 29.8 Å². The average Bonchev–Trinajstić information content (AvgIpc) is 3.59. The third-order valence-corrected chi connectivity index (χ3v) is 10.9. The Kier molecular flexibility index (Phi) is 18.6. The highest BCUT2D eigenvalue weighted by molar-refractivity contribution is 5.90. The van der Waals surface area contributed by atoms with Crippen molar-refractivity contribution in [1.82, 2.24) is 25.3 Å². The van der Waals surface area contributed by atoms with Crippen molar-refractivity contribution in [3.8, 4) is 0 Å². The zero-order valence-electron chi connectivity index (χ0n) is 34.3. The molecule has 0 unspecified atom stereocenters. The topological polar surface area (TPSA) is 133 Å². The molecule has 2 rings (SSSR count). The van der Waals surface area contributed by atoms with Crippen molar-refractivity contribution in [2.24, 2.45) is 23.7 Å². The SMILES string of the molecule is CC[C@H](C)[C@@H]([C@@H](CC(=O)N1CCC[C@H]1[C@H](OC)[C@@H](C)C(=O)NCCc1ccc(NC)cc1)OC)N(C)C(=O)[C@@H](NC(=O)[C@H](C(C)C)N(C)C)C(C)C. The quantitative estimate of drug-likeness (QED) is 0.173. The predicted molar refractivity (Wildman–Crippen MR) is 208 cm³/mol. The maximum Gasteiger partial charge on any atom is 0.245 e. The third kappa shape index (κ3) is 11.9. The summed E-state index contributed by atoms with van der Waals surface area (Å²) in [5.41, 5.74) is 2.17. The van der Waals surface area contributed by atoms with Gasteiger partial charge in [-0.3, -0.25) is 24.1 Å². The Balaban J connectivity index is 2.20. The minimum absolute atomic E-state index is 0.00599. The molecule has 1 fully saturated rings. The van der Waals surface area contributed by atoms with Gasteiger partial charge in [-0.25, -0.2) is 0 Å². The van der Waals surface area contributed by atoms with Crippen LogP contribution in [0.4, 0.5) is 5.69 Å². The highest BCUT2D eigenvalue weighted by atomic mass is 16.5. The highest BCUT2D eigenvalue weighted by Crippen LogP contribution is 2.29. The molecule has 12 nitrogen and oxygen atoms in total. The minimum atomic E-state index is -0.740. The standard InChI is InChI=1S/C40H70N6O6/c1-14-27(6)36(45(11)40(50)34(25(2)3)43-39(49)35(26(4)5)44(9)10)32(51-12)24-33(47)46-23-15-16-31(46)37(52-13)28(7)38(48)42-22-21-29-17-19-30(41-8)20-18-29/h17-20,25-28,31-32,34-37,41H,14-16,21-24H2,1-13H3,(H,42,48)(H,43,49)/t27-,28+,31-,32+,34-,35-,36-,37+/m0/s1. The van der Waals surface area contributed by atoms with E-state index in [0.717, 1.165) is 30.5 Å². The number of anilines is 1. The van der Waals surface area contributed by atoms with E-state index in [1.165, 1.54) is 0 Å². The lowest BCUT2D eigenvalue weighted by Crippen LogP contribution is -2.59. The Morgan fingerprint density at radius 2 is 1.56 bits per heavy atom. The van der Waals surface area contributed by atoms with E-state index >= 15 is 0 Å². The van der Waals surface area contributed by atoms with E-state index in [1.54, 1.807) is 26.2 Å². The lowest BCUT2D eigenvalue weighted by molar-refractivity contribution is -0.148. The van der Waals surface area contributed by atoms with Gasteiger partial charge >= 0.3 is 0 Å². The summed E-state index contributed by atoms with van der Waals surface area (Å²) in [6.07, 6.45) is 2.00. The van der Waals surface area contributed by atoms with Crippen molar-refractivity contribution in [2.45, 2.75) is 117 Å². The van der Waals surface area contributed by atoms with E-state index in [-0.39, 0.29) is 59.9 Å². The first-order valence-corrected chi connectivity index (χ1v) is 19.2. The molecule has 1 saturated heterocycles. The van der Waals surface area contributed by atoms with Gasteiger partial charge in [0.05, 0.1) is 42.7 Å². The van der Waals surface area contributed by atoms with E-state index in [4.69, 9.17) is 9.47 Å². The van der Waals surface area contributed by atoms with Crippen LogP contribution in [0.25, 0.3) is 0 Å². The van der Waals surface area contributed by atoms with E-state index in [2.05, 4.69) is 29.8 Å². The number of amides is 4. The Bertz CT molecular complexity index is 1270. The number of ether oxygens (including phenoxy) is 2. The summed E-state index contributed by atoms with van der Waals surface area (Å²) < 4.78 is 12.0. The molecule has 8 atom stereocenters. The smallest absolute Gasteiger partial charge is 0.245 e. The van der Waals surface area contributed by atoms with Gasteiger partial charge in [0.1, 0.15) is 6.04 Å². The van der Waals surface area contributed by atoms with Crippen LogP contribution in [0, 0.1) is 23.7 Å². The van der Waals surface area contributed by atoms with Crippen molar-refractivity contribution in [2.75, 3.05) is 60.8 Å². The maximum absolute atomic E-state index is 14.2. The fourth-order valence-corrected chi connectivity index (χ4v) is 7.74. The molecule has 0 saturated carbocycles. The molecule has 0 aliphatic carbocycles. The van der Waals surface area contributed by atoms with Gasteiger partial charge < -0.3 is 35.2 Å². The first kappa shape index (κ1) is 44.9. The second kappa shape index (κ2) is 21.5. The molecule has 0 radical (unpaired) electrons. The molecule has 4 amide bonds. The number of benzene rings is 1. The Morgan fingerprint density at radius 1 is 0.923 bits per heavy atom. The minimum Gasteiger partial charge on any atom is -0.388 e. The van der Waals surface area contributed by atoms with Crippen molar-refractivity contribution in [3.63, 3.8) is 0 Å². The molecule has 3 N–H and O–H groups in total. The summed E-state index contributed by atoms with van der Waals surface area (Å²) in [7, 11) is 10.5. The molecule has 0 spiro atoms. The first-order chi connectivity index (χ1) is 24.5. The number of likely N-dealkylation sites (N-methyl/N-ethyl adjacent to an activating group) is 2. The van der Waals surface area contributed by atoms with Gasteiger partial charge in [0.2, 0.25) is 23.6 Å². The number of likely N-dealkylation sites (tertiary alicyclic amines) is 1. The normalized spacial score (nSPS) is 18.8. The van der Waals surface area contributed by atoms with Crippen LogP contribution in [0.2, 0.25) is 0 Å². The summed E-state index contributed by atoms with van der Waals surface area (Å²) in [5, 5.41) is 9.22. The zero-order chi connectivity index (χ0) is 39.3. The lowest BCUT2D eigenvalue weighted by atomic mass is 9.89. The van der Waals surface area contributed by atoms with Crippen LogP contribution in [0.5, 0.6) is 0 Å². The number of carbonyl (C=O) groups is 4. The number of hydrogen-bond donors (Lipinski definition) is 3. The van der Waals surface area contributed by atoms with Gasteiger partial charge in [-0.05, 0) is 68.8 Å². The van der Waals surface area contributed by atoms with Gasteiger partial charge in [-0.15, -0.1) is 0 Å². The monoisotopic (exact) mass is 731 g/mol. The molecular weight excluding hydrogens is 660 g/mol. The van der Waals surface area contributed by atoms with Crippen LogP contribution in [0.1, 0.15) is 79.7 Å². The Hall–Kier alpha value is -3.22. The molecule has 52 heavy (non-hydrogen) atoms. The van der Waals surface area contributed by atoms with Crippen molar-refractivity contribution >= 4 is 29.3 Å². The molecule has 1 aliphatic heterocycles. The Morgan fingerprint density at radius 3 is 2.06 bits per heavy atom. The van der Waals surface area contributed by atoms with E-state index in [0.29, 0.717) is 19.5 Å². The second-order valence-electron chi connectivity index (χ2n) is 15.5. The van der Waals surface area contributed by atoms with Crippen LogP contribution in [0.15, 0.2) is 24.3 Å². The van der Waals surface area contributed by atoms with E-state index < -0.39 is 30.2 Å². The van der Waals surface area contributed by atoms with Crippen LogP contribution >= 0.6 is 0 Å². The molecular formula is C40H70N6O6. The van der Waals surface area contributed by atoms with Crippen molar-refractivity contribution in [1.29, 1.82) is 0 Å². The molecule has 1 heterocycles. The lowest BCUT2D eigenvalue weighted by Gasteiger charge is -2.41. The van der Waals surface area contributed by atoms with E-state index in [1.807, 2.05) is 89.8 Å². The molecule has 12 heteroatoms. The molecule has 0 aromatic heterocycles. The number of rotatable bonds is 21. The summed E-state index contributed by atoms with van der Waals surface area (Å²) in [5.74, 6) is -1.17. The van der Waals surface area contributed by atoms with Gasteiger partial charge in [-0.2, -0.15) is 0 Å². The third-order valence-electron chi connectivity index (χ3n) is 10.9. The van der Waals surface area contributed by atoms with Crippen LogP contribution < -0.4 is 16.0 Å². The van der Waals surface area contributed by atoms with Crippen LogP contribution in [0.3, 0.4) is 0 Å². The summed E-state index contributed by atoms with van der Waals surface area (Å²) in [6, 6.07) is 6.31. The van der Waals surface area contributed by atoms with E-state index in [9.17, 15) is 19.2 Å². The van der Waals surface area contributed by atoms with Gasteiger partial charge in [0.25, 0.3) is 0 Å². The Labute approximate surface area is 314 Å². The highest BCUT2D eigenvalue weighted by Gasteiger charge is 2.43. The fraction of sp³-hybridized carbons (Fsp3) is 0.750. The van der Waals surface area contributed by atoms with Gasteiger partial charge in [0.15, 0.2) is 0 Å². The average molecular weight is 731 g/mol. The maximum atomic E-state index is 14.2. The van der Waals surface area contributed by atoms with Crippen LogP contribution in [-0.2, 0) is 35.1 Å². The molecule has 296 valence electrons. The number of hydrogen-bond acceptors (Lipinski definition) is 8. The number of methoxy groups -OCH3 is 2. The number of nitrogens with one attached hydrogen (secondary N) is 3. The molecule has 1 aromatic carbocycles. The molecule has 1 aliphatic rings. The number of nitrogens with zero attached hydrogens (tertiary/aromatic N) is 3. The van der Waals surface area contributed by atoms with Crippen LogP contribution in [-0.4, -0.2) is 130 Å². The second-order valence-corrected chi connectivity index (χ2v) is 15.5. The number of carbonyl (C=O) groups excluding carboxylic acids is 4. The first-order valence-electron chi connectivity index (χ1n) is 19.2.